The largest absolute Gasteiger partial charge is 0.478 e. The predicted octanol–water partition coefficient (Wildman–Crippen LogP) is 0.705. The molecule has 0 spiro atoms. The Balaban J connectivity index is 3.57. The minimum atomic E-state index is -1.17. The number of nitrogens with one attached hydrogen (secondary N) is 2. The van der Waals surface area contributed by atoms with Crippen LogP contribution in [0.1, 0.15) is 25.7 Å². The van der Waals surface area contributed by atoms with Gasteiger partial charge in [0.25, 0.3) is 0 Å². The summed E-state index contributed by atoms with van der Waals surface area (Å²) >= 11 is 0. The zero-order valence-corrected chi connectivity index (χ0v) is 14.0. The van der Waals surface area contributed by atoms with Crippen LogP contribution >= 0.6 is 0 Å². The number of esters is 1. The highest BCUT2D eigenvalue weighted by Crippen LogP contribution is 1.98. The molecule has 0 radical (unpaired) electrons. The van der Waals surface area contributed by atoms with E-state index in [-0.39, 0.29) is 12.5 Å². The molecule has 0 aliphatic rings. The smallest absolute Gasteiger partial charge is 0.331 e. The third kappa shape index (κ3) is 15.8. The molecule has 0 aliphatic carbocycles. The van der Waals surface area contributed by atoms with E-state index in [1.165, 1.54) is 6.08 Å². The topological polar surface area (TPSA) is 122 Å². The van der Waals surface area contributed by atoms with E-state index in [9.17, 15) is 19.2 Å². The number of ether oxygens (including phenoxy) is 1. The van der Waals surface area contributed by atoms with Crippen LogP contribution in [-0.4, -0.2) is 48.6 Å². The standard InChI is InChI=1S/C17H24N2O6/c1-2-13-25-17(24)10-8-15(21)19-12-6-4-3-5-11-18-14(20)7-9-16(22)23/h2,7-10H,1,3-6,11-13H2,(H,18,20)(H,19,21)(H,22,23)/b9-7-,10-8-. The summed E-state index contributed by atoms with van der Waals surface area (Å²) in [5.74, 6) is -2.57. The van der Waals surface area contributed by atoms with Crippen LogP contribution in [0.5, 0.6) is 0 Å². The number of carbonyl (C=O) groups excluding carboxylic acids is 3. The predicted molar refractivity (Wildman–Crippen MR) is 91.6 cm³/mol. The van der Waals surface area contributed by atoms with Gasteiger partial charge in [-0.2, -0.15) is 0 Å². The van der Waals surface area contributed by atoms with Crippen LogP contribution in [0.25, 0.3) is 0 Å². The van der Waals surface area contributed by atoms with Gasteiger partial charge in [0.2, 0.25) is 11.8 Å². The van der Waals surface area contributed by atoms with Gasteiger partial charge < -0.3 is 20.5 Å². The summed E-state index contributed by atoms with van der Waals surface area (Å²) < 4.78 is 4.68. The molecular formula is C17H24N2O6. The van der Waals surface area contributed by atoms with Crippen molar-refractivity contribution in [1.29, 1.82) is 0 Å². The highest BCUT2D eigenvalue weighted by molar-refractivity contribution is 5.94. The van der Waals surface area contributed by atoms with Gasteiger partial charge in [-0.3, -0.25) is 9.59 Å². The maximum Gasteiger partial charge on any atom is 0.331 e. The van der Waals surface area contributed by atoms with Gasteiger partial charge in [0.05, 0.1) is 0 Å². The van der Waals surface area contributed by atoms with E-state index in [0.717, 1.165) is 50.0 Å². The van der Waals surface area contributed by atoms with Crippen LogP contribution < -0.4 is 10.6 Å². The van der Waals surface area contributed by atoms with Crippen molar-refractivity contribution < 1.29 is 29.0 Å². The molecule has 0 saturated carbocycles. The highest BCUT2D eigenvalue weighted by atomic mass is 16.5. The minimum Gasteiger partial charge on any atom is -0.478 e. The summed E-state index contributed by atoms with van der Waals surface area (Å²) in [6.45, 7) is 4.45. The maximum absolute atomic E-state index is 11.4. The van der Waals surface area contributed by atoms with Gasteiger partial charge >= 0.3 is 11.9 Å². The Labute approximate surface area is 146 Å². The number of carboxylic acid groups (broad SMARTS) is 1. The number of amides is 2. The molecule has 0 rings (SSSR count). The molecule has 0 unspecified atom stereocenters. The first-order valence-corrected chi connectivity index (χ1v) is 7.88. The van der Waals surface area contributed by atoms with Gasteiger partial charge in [-0.25, -0.2) is 9.59 Å². The lowest BCUT2D eigenvalue weighted by atomic mass is 10.2. The quantitative estimate of drug-likeness (QED) is 0.194. The SMILES string of the molecule is C=CCOC(=O)/C=C\C(=O)NCCCCCCNC(=O)/C=C\C(=O)O. The van der Waals surface area contributed by atoms with Gasteiger partial charge in [-0.15, -0.1) is 0 Å². The Kier molecular flexibility index (Phi) is 13.0. The van der Waals surface area contributed by atoms with Crippen LogP contribution in [0.15, 0.2) is 37.0 Å². The molecular weight excluding hydrogens is 328 g/mol. The minimum absolute atomic E-state index is 0.0983. The molecule has 3 N–H and O–H groups in total. The van der Waals surface area contributed by atoms with Crippen molar-refractivity contribution >= 4 is 23.8 Å². The summed E-state index contributed by atoms with van der Waals surface area (Å²) in [4.78, 5) is 43.9. The zero-order chi connectivity index (χ0) is 18.9. The van der Waals surface area contributed by atoms with Gasteiger partial charge in [-0.1, -0.05) is 25.5 Å². The van der Waals surface area contributed by atoms with Gasteiger partial charge in [0.1, 0.15) is 6.61 Å². The Bertz CT molecular complexity index is 525. The fraction of sp³-hybridized carbons (Fsp3) is 0.412. The summed E-state index contributed by atoms with van der Waals surface area (Å²) in [7, 11) is 0. The number of carbonyl (C=O) groups is 4. The molecule has 8 nitrogen and oxygen atoms in total. The van der Waals surface area contributed by atoms with Crippen LogP contribution in [0.3, 0.4) is 0 Å². The molecule has 138 valence electrons. The number of rotatable bonds is 13. The van der Waals surface area contributed by atoms with Crippen molar-refractivity contribution in [2.75, 3.05) is 19.7 Å². The van der Waals surface area contributed by atoms with Gasteiger partial charge in [-0.05, 0) is 12.8 Å². The van der Waals surface area contributed by atoms with E-state index >= 15 is 0 Å². The molecule has 0 saturated heterocycles. The Morgan fingerprint density at radius 2 is 1.36 bits per heavy atom. The van der Waals surface area contributed by atoms with Crippen molar-refractivity contribution in [3.63, 3.8) is 0 Å². The summed E-state index contributed by atoms with van der Waals surface area (Å²) in [6.07, 6.45) is 8.62. The third-order valence-electron chi connectivity index (χ3n) is 2.79. The van der Waals surface area contributed by atoms with Crippen molar-refractivity contribution in [3.8, 4) is 0 Å². The second-order valence-electron chi connectivity index (χ2n) is 4.92. The summed E-state index contributed by atoms with van der Waals surface area (Å²) in [5.41, 5.74) is 0. The van der Waals surface area contributed by atoms with Gasteiger partial charge in [0, 0.05) is 37.4 Å². The van der Waals surface area contributed by atoms with Crippen LogP contribution in [0.2, 0.25) is 0 Å². The van der Waals surface area contributed by atoms with E-state index < -0.39 is 17.8 Å². The van der Waals surface area contributed by atoms with Crippen molar-refractivity contribution in [1.82, 2.24) is 10.6 Å². The second-order valence-corrected chi connectivity index (χ2v) is 4.92. The number of unbranched alkanes of at least 4 members (excludes halogenated alkanes) is 3. The first-order valence-electron chi connectivity index (χ1n) is 7.88. The van der Waals surface area contributed by atoms with Crippen LogP contribution in [-0.2, 0) is 23.9 Å². The average molecular weight is 352 g/mol. The number of carboxylic acids is 1. The first-order chi connectivity index (χ1) is 12.0. The molecule has 0 bridgehead atoms. The molecule has 0 aliphatic heterocycles. The molecule has 25 heavy (non-hydrogen) atoms. The van der Waals surface area contributed by atoms with Crippen molar-refractivity contribution in [3.05, 3.63) is 37.0 Å². The van der Waals surface area contributed by atoms with Crippen LogP contribution in [0, 0.1) is 0 Å². The van der Waals surface area contributed by atoms with Crippen molar-refractivity contribution in [2.24, 2.45) is 0 Å². The van der Waals surface area contributed by atoms with E-state index in [1.807, 2.05) is 0 Å². The zero-order valence-electron chi connectivity index (χ0n) is 14.0. The van der Waals surface area contributed by atoms with Gasteiger partial charge in [0.15, 0.2) is 0 Å². The average Bonchev–Trinajstić information content (AvgIpc) is 2.58. The Hall–Kier alpha value is -2.90. The molecule has 2 amide bonds. The summed E-state index contributed by atoms with van der Waals surface area (Å²) in [5, 5.41) is 13.6. The molecule has 0 fully saturated rings. The van der Waals surface area contributed by atoms with E-state index in [4.69, 9.17) is 5.11 Å². The lowest BCUT2D eigenvalue weighted by molar-refractivity contribution is -0.136. The lowest BCUT2D eigenvalue weighted by Gasteiger charge is -2.04. The molecule has 8 heteroatoms. The number of hydrogen-bond donors (Lipinski definition) is 3. The molecule has 0 aromatic carbocycles. The normalized spacial score (nSPS) is 10.6. The number of hydrogen-bond acceptors (Lipinski definition) is 5. The fourth-order valence-electron chi connectivity index (χ4n) is 1.62. The molecule has 0 aromatic rings. The Morgan fingerprint density at radius 1 is 0.840 bits per heavy atom. The highest BCUT2D eigenvalue weighted by Gasteiger charge is 1.99. The van der Waals surface area contributed by atoms with E-state index in [0.29, 0.717) is 13.1 Å². The number of aliphatic carboxylic acids is 1. The molecule has 0 heterocycles. The maximum atomic E-state index is 11.4. The lowest BCUT2D eigenvalue weighted by Crippen LogP contribution is -2.23. The van der Waals surface area contributed by atoms with E-state index in [2.05, 4.69) is 21.9 Å². The summed E-state index contributed by atoms with van der Waals surface area (Å²) in [6, 6.07) is 0. The third-order valence-corrected chi connectivity index (χ3v) is 2.79. The molecule has 0 aromatic heterocycles. The monoisotopic (exact) mass is 352 g/mol. The fourth-order valence-corrected chi connectivity index (χ4v) is 1.62. The van der Waals surface area contributed by atoms with Crippen molar-refractivity contribution in [2.45, 2.75) is 25.7 Å². The molecule has 0 atom stereocenters. The van der Waals surface area contributed by atoms with E-state index in [1.54, 1.807) is 0 Å². The second kappa shape index (κ2) is 14.7. The Morgan fingerprint density at radius 3 is 1.84 bits per heavy atom. The first kappa shape index (κ1) is 22.1. The van der Waals surface area contributed by atoms with Crippen LogP contribution in [0.4, 0.5) is 0 Å².